The van der Waals surface area contributed by atoms with Gasteiger partial charge in [0.2, 0.25) is 5.91 Å². The van der Waals surface area contributed by atoms with E-state index in [4.69, 9.17) is 4.74 Å². The van der Waals surface area contributed by atoms with Crippen LogP contribution in [0.15, 0.2) is 48.5 Å². The van der Waals surface area contributed by atoms with Gasteiger partial charge in [-0.25, -0.2) is 0 Å². The van der Waals surface area contributed by atoms with E-state index in [0.29, 0.717) is 18.1 Å². The lowest BCUT2D eigenvalue weighted by Crippen LogP contribution is -2.28. The number of nitro groups is 1. The average Bonchev–Trinajstić information content (AvgIpc) is 2.63. The number of non-ortho nitro benzene ring substituents is 1. The average molecular weight is 374 g/mol. The SMILES string of the molecule is CCOc1ccc([C@@H](C)NC(=O)CSCc2ccc([N+](=O)[O-])cc2)cc1. The summed E-state index contributed by atoms with van der Waals surface area (Å²) in [5, 5.41) is 13.6. The Labute approximate surface area is 157 Å². The number of benzene rings is 2. The molecule has 0 aliphatic heterocycles. The van der Waals surface area contributed by atoms with E-state index in [1.54, 1.807) is 12.1 Å². The third kappa shape index (κ3) is 6.07. The van der Waals surface area contributed by atoms with Gasteiger partial charge in [0.25, 0.3) is 5.69 Å². The predicted octanol–water partition coefficient (Wildman–Crippen LogP) is 4.10. The Bertz CT molecular complexity index is 732. The standard InChI is InChI=1S/C19H22N2O4S/c1-3-25-18-10-6-16(7-11-18)14(2)20-19(22)13-26-12-15-4-8-17(9-5-15)21(23)24/h4-11,14H,3,12-13H2,1-2H3,(H,20,22)/t14-/m1/s1. The molecule has 2 rings (SSSR count). The number of hydrogen-bond donors (Lipinski definition) is 1. The van der Waals surface area contributed by atoms with Crippen molar-refractivity contribution in [3.05, 3.63) is 69.8 Å². The minimum Gasteiger partial charge on any atom is -0.494 e. The first-order valence-electron chi connectivity index (χ1n) is 8.32. The van der Waals surface area contributed by atoms with Gasteiger partial charge < -0.3 is 10.1 Å². The van der Waals surface area contributed by atoms with Crippen molar-refractivity contribution in [2.24, 2.45) is 0 Å². The topological polar surface area (TPSA) is 81.5 Å². The van der Waals surface area contributed by atoms with Gasteiger partial charge in [-0.1, -0.05) is 24.3 Å². The molecule has 1 N–H and O–H groups in total. The van der Waals surface area contributed by atoms with Gasteiger partial charge in [-0.2, -0.15) is 0 Å². The Morgan fingerprint density at radius 2 is 1.85 bits per heavy atom. The van der Waals surface area contributed by atoms with Crippen LogP contribution in [0.3, 0.4) is 0 Å². The molecule has 0 unspecified atom stereocenters. The number of nitrogens with one attached hydrogen (secondary N) is 1. The normalized spacial score (nSPS) is 11.6. The molecule has 0 spiro atoms. The van der Waals surface area contributed by atoms with Crippen molar-refractivity contribution in [3.63, 3.8) is 0 Å². The molecule has 0 bridgehead atoms. The number of carbonyl (C=O) groups excluding carboxylic acids is 1. The first-order valence-corrected chi connectivity index (χ1v) is 9.48. The molecule has 0 aromatic heterocycles. The second-order valence-electron chi connectivity index (χ2n) is 5.71. The van der Waals surface area contributed by atoms with Crippen LogP contribution >= 0.6 is 11.8 Å². The summed E-state index contributed by atoms with van der Waals surface area (Å²) >= 11 is 1.47. The van der Waals surface area contributed by atoms with Crippen LogP contribution in [0.5, 0.6) is 5.75 Å². The monoisotopic (exact) mass is 374 g/mol. The number of nitrogens with zero attached hydrogens (tertiary/aromatic N) is 1. The van der Waals surface area contributed by atoms with Crippen molar-refractivity contribution in [1.29, 1.82) is 0 Å². The van der Waals surface area contributed by atoms with Crippen molar-refractivity contribution in [1.82, 2.24) is 5.32 Å². The maximum Gasteiger partial charge on any atom is 0.269 e. The summed E-state index contributed by atoms with van der Waals surface area (Å²) in [5.41, 5.74) is 2.04. The van der Waals surface area contributed by atoms with E-state index < -0.39 is 4.92 Å². The summed E-state index contributed by atoms with van der Waals surface area (Å²) in [6, 6.07) is 14.0. The van der Waals surface area contributed by atoms with Crippen LogP contribution in [0.2, 0.25) is 0 Å². The van der Waals surface area contributed by atoms with Crippen LogP contribution < -0.4 is 10.1 Å². The van der Waals surface area contributed by atoms with Crippen LogP contribution in [0, 0.1) is 10.1 Å². The lowest BCUT2D eigenvalue weighted by Gasteiger charge is -2.15. The molecular formula is C19H22N2O4S. The zero-order chi connectivity index (χ0) is 18.9. The van der Waals surface area contributed by atoms with E-state index >= 15 is 0 Å². The summed E-state index contributed by atoms with van der Waals surface area (Å²) in [6.45, 7) is 4.50. The van der Waals surface area contributed by atoms with Gasteiger partial charge in [0.1, 0.15) is 5.75 Å². The van der Waals surface area contributed by atoms with Crippen molar-refractivity contribution in [2.75, 3.05) is 12.4 Å². The zero-order valence-corrected chi connectivity index (χ0v) is 15.6. The Hall–Kier alpha value is -2.54. The van der Waals surface area contributed by atoms with Crippen molar-refractivity contribution >= 4 is 23.4 Å². The largest absolute Gasteiger partial charge is 0.494 e. The number of ether oxygens (including phenoxy) is 1. The van der Waals surface area contributed by atoms with E-state index in [1.165, 1.54) is 23.9 Å². The quantitative estimate of drug-likeness (QED) is 0.528. The molecule has 0 aliphatic carbocycles. The maximum absolute atomic E-state index is 12.1. The van der Waals surface area contributed by atoms with Gasteiger partial charge in [-0.15, -0.1) is 11.8 Å². The fraction of sp³-hybridized carbons (Fsp3) is 0.316. The van der Waals surface area contributed by atoms with Gasteiger partial charge in [0, 0.05) is 17.9 Å². The van der Waals surface area contributed by atoms with Crippen molar-refractivity contribution < 1.29 is 14.5 Å². The lowest BCUT2D eigenvalue weighted by atomic mass is 10.1. The van der Waals surface area contributed by atoms with E-state index in [2.05, 4.69) is 5.32 Å². The van der Waals surface area contributed by atoms with Crippen LogP contribution in [0.25, 0.3) is 0 Å². The zero-order valence-electron chi connectivity index (χ0n) is 14.8. The highest BCUT2D eigenvalue weighted by atomic mass is 32.2. The highest BCUT2D eigenvalue weighted by Crippen LogP contribution is 2.19. The molecule has 138 valence electrons. The number of thioether (sulfide) groups is 1. The molecule has 1 atom stereocenters. The lowest BCUT2D eigenvalue weighted by molar-refractivity contribution is -0.384. The molecule has 0 saturated heterocycles. The summed E-state index contributed by atoms with van der Waals surface area (Å²) in [5.74, 6) is 1.73. The van der Waals surface area contributed by atoms with Gasteiger partial charge >= 0.3 is 0 Å². The molecule has 0 fully saturated rings. The fourth-order valence-corrected chi connectivity index (χ4v) is 3.16. The van der Waals surface area contributed by atoms with Crippen LogP contribution in [-0.2, 0) is 10.5 Å². The molecule has 26 heavy (non-hydrogen) atoms. The Kier molecular flexibility index (Phi) is 7.47. The third-order valence-electron chi connectivity index (χ3n) is 3.72. The van der Waals surface area contributed by atoms with Crippen LogP contribution in [-0.4, -0.2) is 23.2 Å². The summed E-state index contributed by atoms with van der Waals surface area (Å²) in [7, 11) is 0. The van der Waals surface area contributed by atoms with Crippen molar-refractivity contribution in [3.8, 4) is 5.75 Å². The van der Waals surface area contributed by atoms with Crippen molar-refractivity contribution in [2.45, 2.75) is 25.6 Å². The molecule has 2 aromatic carbocycles. The third-order valence-corrected chi connectivity index (χ3v) is 4.72. The fourth-order valence-electron chi connectivity index (χ4n) is 2.36. The number of amides is 1. The van der Waals surface area contributed by atoms with Gasteiger partial charge in [-0.3, -0.25) is 14.9 Å². The van der Waals surface area contributed by atoms with E-state index in [0.717, 1.165) is 16.9 Å². The number of hydrogen-bond acceptors (Lipinski definition) is 5. The highest BCUT2D eigenvalue weighted by molar-refractivity contribution is 7.99. The molecular weight excluding hydrogens is 352 g/mol. The summed E-state index contributed by atoms with van der Waals surface area (Å²) in [4.78, 5) is 22.3. The van der Waals surface area contributed by atoms with Gasteiger partial charge in [0.15, 0.2) is 0 Å². The second kappa shape index (κ2) is 9.82. The molecule has 0 aliphatic rings. The molecule has 0 heterocycles. The first kappa shape index (κ1) is 19.8. The van der Waals surface area contributed by atoms with Crippen LogP contribution in [0.4, 0.5) is 5.69 Å². The Morgan fingerprint density at radius 3 is 2.42 bits per heavy atom. The van der Waals surface area contributed by atoms with E-state index in [-0.39, 0.29) is 17.6 Å². The second-order valence-corrected chi connectivity index (χ2v) is 6.69. The molecule has 0 saturated carbocycles. The first-order chi connectivity index (χ1) is 12.5. The molecule has 2 aromatic rings. The Balaban J connectivity index is 1.76. The maximum atomic E-state index is 12.1. The smallest absolute Gasteiger partial charge is 0.269 e. The van der Waals surface area contributed by atoms with E-state index in [1.807, 2.05) is 38.1 Å². The van der Waals surface area contributed by atoms with E-state index in [9.17, 15) is 14.9 Å². The number of nitro benzene ring substituents is 1. The Morgan fingerprint density at radius 1 is 1.19 bits per heavy atom. The molecule has 0 radical (unpaired) electrons. The highest BCUT2D eigenvalue weighted by Gasteiger charge is 2.10. The van der Waals surface area contributed by atoms with Gasteiger partial charge in [0.05, 0.1) is 23.3 Å². The number of rotatable bonds is 9. The minimum atomic E-state index is -0.424. The van der Waals surface area contributed by atoms with Gasteiger partial charge in [-0.05, 0) is 37.1 Å². The molecule has 1 amide bonds. The van der Waals surface area contributed by atoms with Crippen LogP contribution in [0.1, 0.15) is 31.0 Å². The molecule has 7 heteroatoms. The summed E-state index contributed by atoms with van der Waals surface area (Å²) in [6.07, 6.45) is 0. The number of carbonyl (C=O) groups is 1. The predicted molar refractivity (Wildman–Crippen MR) is 103 cm³/mol. The molecule has 6 nitrogen and oxygen atoms in total. The summed E-state index contributed by atoms with van der Waals surface area (Å²) < 4.78 is 5.41. The minimum absolute atomic E-state index is 0.0432.